The number of carboxylic acids is 1. The van der Waals surface area contributed by atoms with Gasteiger partial charge in [-0.05, 0) is 37.5 Å². The standard InChI is InChI=1S/C18H21N3O3/c22-16(23)18(9-13-24-15-6-2-1-3-7-15)8-4-12-21(14-18)17-19-10-5-11-20-17/h1-3,5-7,10-11H,4,8-9,12-14H2,(H,22,23). The van der Waals surface area contributed by atoms with Crippen molar-refractivity contribution < 1.29 is 14.6 Å². The molecule has 1 saturated heterocycles. The van der Waals surface area contributed by atoms with Crippen molar-refractivity contribution in [2.24, 2.45) is 5.41 Å². The van der Waals surface area contributed by atoms with E-state index < -0.39 is 11.4 Å². The first kappa shape index (κ1) is 16.2. The van der Waals surface area contributed by atoms with Gasteiger partial charge in [-0.3, -0.25) is 4.79 Å². The lowest BCUT2D eigenvalue weighted by molar-refractivity contribution is -0.150. The quantitative estimate of drug-likeness (QED) is 0.879. The second-order valence-electron chi connectivity index (χ2n) is 6.07. The van der Waals surface area contributed by atoms with Gasteiger partial charge in [-0.2, -0.15) is 0 Å². The maximum Gasteiger partial charge on any atom is 0.311 e. The van der Waals surface area contributed by atoms with E-state index in [1.54, 1.807) is 18.5 Å². The number of ether oxygens (including phenoxy) is 1. The molecule has 0 bridgehead atoms. The summed E-state index contributed by atoms with van der Waals surface area (Å²) in [6.45, 7) is 1.56. The van der Waals surface area contributed by atoms with E-state index in [9.17, 15) is 9.90 Å². The summed E-state index contributed by atoms with van der Waals surface area (Å²) in [6.07, 6.45) is 5.26. The lowest BCUT2D eigenvalue weighted by atomic mass is 9.77. The van der Waals surface area contributed by atoms with Gasteiger partial charge >= 0.3 is 5.97 Å². The lowest BCUT2D eigenvalue weighted by Crippen LogP contribution is -2.49. The Morgan fingerprint density at radius 2 is 1.96 bits per heavy atom. The number of rotatable bonds is 6. The summed E-state index contributed by atoms with van der Waals surface area (Å²) in [7, 11) is 0. The molecule has 1 N–H and O–H groups in total. The van der Waals surface area contributed by atoms with E-state index in [0.717, 1.165) is 18.7 Å². The van der Waals surface area contributed by atoms with Crippen molar-refractivity contribution in [3.8, 4) is 5.75 Å². The molecule has 0 amide bonds. The van der Waals surface area contributed by atoms with Gasteiger partial charge in [0.1, 0.15) is 5.75 Å². The zero-order valence-electron chi connectivity index (χ0n) is 13.5. The van der Waals surface area contributed by atoms with Gasteiger partial charge in [0.2, 0.25) is 5.95 Å². The second-order valence-corrected chi connectivity index (χ2v) is 6.07. The van der Waals surface area contributed by atoms with Gasteiger partial charge in [-0.25, -0.2) is 9.97 Å². The molecule has 6 heteroatoms. The Morgan fingerprint density at radius 3 is 2.67 bits per heavy atom. The SMILES string of the molecule is O=C(O)C1(CCOc2ccccc2)CCCN(c2ncccn2)C1. The molecule has 1 aromatic carbocycles. The van der Waals surface area contributed by atoms with E-state index in [0.29, 0.717) is 31.9 Å². The Morgan fingerprint density at radius 1 is 1.21 bits per heavy atom. The average Bonchev–Trinajstić information content (AvgIpc) is 2.63. The molecule has 0 radical (unpaired) electrons. The summed E-state index contributed by atoms with van der Waals surface area (Å²) in [5.74, 6) is 0.573. The molecule has 1 aromatic heterocycles. The van der Waals surface area contributed by atoms with E-state index in [1.807, 2.05) is 35.2 Å². The van der Waals surface area contributed by atoms with Crippen molar-refractivity contribution in [2.75, 3.05) is 24.6 Å². The Balaban J connectivity index is 1.67. The summed E-state index contributed by atoms with van der Waals surface area (Å²) < 4.78 is 5.71. The van der Waals surface area contributed by atoms with Crippen LogP contribution in [0.3, 0.4) is 0 Å². The molecule has 1 fully saturated rings. The zero-order valence-corrected chi connectivity index (χ0v) is 13.5. The van der Waals surface area contributed by atoms with Gasteiger partial charge in [-0.1, -0.05) is 18.2 Å². The number of aliphatic carboxylic acids is 1. The van der Waals surface area contributed by atoms with Crippen LogP contribution in [0.1, 0.15) is 19.3 Å². The molecule has 3 rings (SSSR count). The fraction of sp³-hybridized carbons (Fsp3) is 0.389. The van der Waals surface area contributed by atoms with Crippen LogP contribution < -0.4 is 9.64 Å². The number of aromatic nitrogens is 2. The van der Waals surface area contributed by atoms with E-state index in [-0.39, 0.29) is 0 Å². The van der Waals surface area contributed by atoms with Crippen LogP contribution in [0.2, 0.25) is 0 Å². The van der Waals surface area contributed by atoms with Gasteiger partial charge < -0.3 is 14.7 Å². The van der Waals surface area contributed by atoms with Crippen molar-refractivity contribution in [1.82, 2.24) is 9.97 Å². The molecule has 0 aliphatic carbocycles. The molecule has 24 heavy (non-hydrogen) atoms. The fourth-order valence-corrected chi connectivity index (χ4v) is 3.12. The van der Waals surface area contributed by atoms with Gasteiger partial charge in [0.25, 0.3) is 0 Å². The maximum absolute atomic E-state index is 12.0. The van der Waals surface area contributed by atoms with Crippen LogP contribution in [0.5, 0.6) is 5.75 Å². The lowest BCUT2D eigenvalue weighted by Gasteiger charge is -2.39. The summed E-state index contributed by atoms with van der Waals surface area (Å²) in [6, 6.07) is 11.2. The van der Waals surface area contributed by atoms with E-state index in [1.165, 1.54) is 0 Å². The number of anilines is 1. The second kappa shape index (κ2) is 7.29. The molecule has 1 aliphatic heterocycles. The van der Waals surface area contributed by atoms with E-state index in [4.69, 9.17) is 4.74 Å². The highest BCUT2D eigenvalue weighted by Gasteiger charge is 2.43. The molecule has 6 nitrogen and oxygen atoms in total. The van der Waals surface area contributed by atoms with Crippen LogP contribution in [-0.4, -0.2) is 40.7 Å². The minimum Gasteiger partial charge on any atom is -0.494 e. The van der Waals surface area contributed by atoms with Gasteiger partial charge in [0.05, 0.1) is 12.0 Å². The molecule has 0 spiro atoms. The smallest absolute Gasteiger partial charge is 0.311 e. The van der Waals surface area contributed by atoms with Gasteiger partial charge in [0, 0.05) is 25.5 Å². The first-order chi connectivity index (χ1) is 11.7. The van der Waals surface area contributed by atoms with Crippen molar-refractivity contribution in [1.29, 1.82) is 0 Å². The van der Waals surface area contributed by atoms with Crippen molar-refractivity contribution in [3.05, 3.63) is 48.8 Å². The fourth-order valence-electron chi connectivity index (χ4n) is 3.12. The highest BCUT2D eigenvalue weighted by Crippen LogP contribution is 2.35. The van der Waals surface area contributed by atoms with E-state index >= 15 is 0 Å². The summed E-state index contributed by atoms with van der Waals surface area (Å²) in [5.41, 5.74) is -0.827. The van der Waals surface area contributed by atoms with Crippen LogP contribution in [0.4, 0.5) is 5.95 Å². The first-order valence-corrected chi connectivity index (χ1v) is 8.13. The highest BCUT2D eigenvalue weighted by molar-refractivity contribution is 5.76. The van der Waals surface area contributed by atoms with Crippen LogP contribution in [-0.2, 0) is 4.79 Å². The van der Waals surface area contributed by atoms with Crippen molar-refractivity contribution in [3.63, 3.8) is 0 Å². The number of benzene rings is 1. The predicted molar refractivity (Wildman–Crippen MR) is 90.1 cm³/mol. The Kier molecular flexibility index (Phi) is 4.93. The molecule has 2 heterocycles. The van der Waals surface area contributed by atoms with Crippen molar-refractivity contribution in [2.45, 2.75) is 19.3 Å². The molecular weight excluding hydrogens is 306 g/mol. The molecule has 1 aliphatic rings. The monoisotopic (exact) mass is 327 g/mol. The molecule has 126 valence electrons. The van der Waals surface area contributed by atoms with E-state index in [2.05, 4.69) is 9.97 Å². The van der Waals surface area contributed by atoms with Gasteiger partial charge in [-0.15, -0.1) is 0 Å². The minimum absolute atomic E-state index is 0.375. The van der Waals surface area contributed by atoms with Crippen LogP contribution in [0.15, 0.2) is 48.8 Å². The Labute approximate surface area is 141 Å². The van der Waals surface area contributed by atoms with Crippen LogP contribution >= 0.6 is 0 Å². The number of para-hydroxylation sites is 1. The number of carboxylic acid groups (broad SMARTS) is 1. The van der Waals surface area contributed by atoms with Crippen LogP contribution in [0.25, 0.3) is 0 Å². The summed E-state index contributed by atoms with van der Waals surface area (Å²) >= 11 is 0. The number of hydrogen-bond acceptors (Lipinski definition) is 5. The normalized spacial score (nSPS) is 20.6. The molecule has 0 saturated carbocycles. The third-order valence-corrected chi connectivity index (χ3v) is 4.46. The largest absolute Gasteiger partial charge is 0.494 e. The third kappa shape index (κ3) is 3.64. The Bertz CT molecular complexity index is 666. The van der Waals surface area contributed by atoms with Crippen LogP contribution in [0, 0.1) is 5.41 Å². The average molecular weight is 327 g/mol. The molecule has 2 aromatic rings. The number of piperidine rings is 1. The minimum atomic E-state index is -0.827. The maximum atomic E-state index is 12.0. The third-order valence-electron chi connectivity index (χ3n) is 4.46. The number of carbonyl (C=O) groups is 1. The predicted octanol–water partition coefficient (Wildman–Crippen LogP) is 2.62. The molecule has 1 unspecified atom stereocenters. The molecule has 1 atom stereocenters. The Hall–Kier alpha value is -2.63. The van der Waals surface area contributed by atoms with Crippen molar-refractivity contribution >= 4 is 11.9 Å². The summed E-state index contributed by atoms with van der Waals surface area (Å²) in [5, 5.41) is 9.83. The van der Waals surface area contributed by atoms with Gasteiger partial charge in [0.15, 0.2) is 0 Å². The molecular formula is C18H21N3O3. The topological polar surface area (TPSA) is 75.6 Å². The number of hydrogen-bond donors (Lipinski definition) is 1. The number of nitrogens with zero attached hydrogens (tertiary/aromatic N) is 3. The zero-order chi connectivity index (χ0) is 16.8. The highest BCUT2D eigenvalue weighted by atomic mass is 16.5. The first-order valence-electron chi connectivity index (χ1n) is 8.13. The summed E-state index contributed by atoms with van der Waals surface area (Å²) in [4.78, 5) is 22.4.